The molecule has 1 aliphatic heterocycles. The zero-order chi connectivity index (χ0) is 15.5. The van der Waals surface area contributed by atoms with Gasteiger partial charge in [0.2, 0.25) is 5.91 Å². The third kappa shape index (κ3) is 3.89. The minimum atomic E-state index is 0.360. The van der Waals surface area contributed by atoms with Crippen LogP contribution in [0, 0.1) is 11.8 Å². The summed E-state index contributed by atoms with van der Waals surface area (Å²) in [4.78, 5) is 17.3. The van der Waals surface area contributed by atoms with E-state index >= 15 is 0 Å². The molecule has 1 heterocycles. The average molecular weight is 300 g/mol. The monoisotopic (exact) mass is 300 g/mol. The van der Waals surface area contributed by atoms with Crippen LogP contribution < -0.4 is 0 Å². The minimum absolute atomic E-state index is 0.360. The van der Waals surface area contributed by atoms with Crippen molar-refractivity contribution in [2.45, 2.75) is 45.7 Å². The van der Waals surface area contributed by atoms with Crippen LogP contribution in [0.5, 0.6) is 0 Å². The summed E-state index contributed by atoms with van der Waals surface area (Å²) in [6.45, 7) is 8.34. The first-order chi connectivity index (χ1) is 10.6. The number of rotatable bonds is 5. The van der Waals surface area contributed by atoms with Crippen LogP contribution in [0.3, 0.4) is 0 Å². The molecule has 0 radical (unpaired) electrons. The molecular formula is C19H28N2O. The number of nitrogens with zero attached hydrogens (tertiary/aromatic N) is 2. The van der Waals surface area contributed by atoms with E-state index in [1.807, 2.05) is 0 Å². The first-order valence-corrected chi connectivity index (χ1v) is 8.69. The molecule has 2 fully saturated rings. The number of carbonyl (C=O) groups excluding carboxylic acids is 1. The molecule has 120 valence electrons. The lowest BCUT2D eigenvalue weighted by atomic mass is 10.0. The molecule has 0 unspecified atom stereocenters. The number of hydrogen-bond acceptors (Lipinski definition) is 2. The largest absolute Gasteiger partial charge is 0.338 e. The lowest BCUT2D eigenvalue weighted by Gasteiger charge is -2.35. The topological polar surface area (TPSA) is 23.6 Å². The Kier molecular flexibility index (Phi) is 4.82. The third-order valence-corrected chi connectivity index (χ3v) is 4.98. The molecule has 22 heavy (non-hydrogen) atoms. The molecule has 3 nitrogen and oxygen atoms in total. The van der Waals surface area contributed by atoms with Gasteiger partial charge in [-0.2, -0.15) is 0 Å². The maximum atomic E-state index is 12.6. The van der Waals surface area contributed by atoms with Gasteiger partial charge in [-0.25, -0.2) is 0 Å². The van der Waals surface area contributed by atoms with E-state index in [0.29, 0.717) is 24.3 Å². The van der Waals surface area contributed by atoms with Gasteiger partial charge >= 0.3 is 0 Å². The second-order valence-electron chi connectivity index (χ2n) is 7.27. The van der Waals surface area contributed by atoms with Gasteiger partial charge in [0.15, 0.2) is 0 Å². The second kappa shape index (κ2) is 6.82. The molecule has 1 aromatic carbocycles. The second-order valence-corrected chi connectivity index (χ2v) is 7.27. The van der Waals surface area contributed by atoms with Crippen LogP contribution in [0.4, 0.5) is 0 Å². The van der Waals surface area contributed by atoms with E-state index in [4.69, 9.17) is 0 Å². The van der Waals surface area contributed by atoms with E-state index in [1.54, 1.807) is 0 Å². The van der Waals surface area contributed by atoms with Crippen LogP contribution in [0.1, 0.15) is 38.7 Å². The van der Waals surface area contributed by atoms with E-state index in [0.717, 1.165) is 32.1 Å². The van der Waals surface area contributed by atoms with Crippen LogP contribution >= 0.6 is 0 Å². The number of carbonyl (C=O) groups is 1. The van der Waals surface area contributed by atoms with Crippen LogP contribution in [0.15, 0.2) is 30.3 Å². The molecule has 1 aliphatic carbocycles. The van der Waals surface area contributed by atoms with Crippen LogP contribution in [-0.2, 0) is 11.3 Å². The molecule has 0 N–H and O–H groups in total. The van der Waals surface area contributed by atoms with Crippen molar-refractivity contribution in [2.24, 2.45) is 11.8 Å². The molecule has 1 aromatic rings. The van der Waals surface area contributed by atoms with Crippen molar-refractivity contribution in [1.82, 2.24) is 9.80 Å². The molecule has 0 spiro atoms. The van der Waals surface area contributed by atoms with Gasteiger partial charge in [0.1, 0.15) is 0 Å². The molecule has 3 heteroatoms. The van der Waals surface area contributed by atoms with E-state index < -0.39 is 0 Å². The Morgan fingerprint density at radius 1 is 1.18 bits per heavy atom. The Balaban J connectivity index is 1.70. The molecule has 3 rings (SSSR count). The number of amides is 1. The van der Waals surface area contributed by atoms with E-state index in [2.05, 4.69) is 54.0 Å². The predicted molar refractivity (Wildman–Crippen MR) is 89.4 cm³/mol. The summed E-state index contributed by atoms with van der Waals surface area (Å²) >= 11 is 0. The Morgan fingerprint density at radius 3 is 2.55 bits per heavy atom. The summed E-state index contributed by atoms with van der Waals surface area (Å²) in [6, 6.07) is 11.0. The fraction of sp³-hybridized carbons (Fsp3) is 0.632. The smallest absolute Gasteiger partial charge is 0.224 e. The number of hydrogen-bond donors (Lipinski definition) is 0. The fourth-order valence-corrected chi connectivity index (χ4v) is 3.41. The standard InChI is InChI=1S/C19H28N2O/c1-15(2)18-14-20(12-16-6-4-3-5-7-16)11-10-19(22)21(18)13-17-8-9-17/h3-7,15,17-18H,8-14H2,1-2H3/t18-/m1/s1. The normalized spacial score (nSPS) is 23.9. The third-order valence-electron chi connectivity index (χ3n) is 4.98. The zero-order valence-electron chi connectivity index (χ0n) is 13.9. The van der Waals surface area contributed by atoms with Gasteiger partial charge in [-0.1, -0.05) is 44.2 Å². The molecule has 1 atom stereocenters. The maximum absolute atomic E-state index is 12.6. The highest BCUT2D eigenvalue weighted by Crippen LogP contribution is 2.32. The summed E-state index contributed by atoms with van der Waals surface area (Å²) in [5.41, 5.74) is 1.34. The Hall–Kier alpha value is -1.35. The lowest BCUT2D eigenvalue weighted by Crippen LogP contribution is -2.47. The van der Waals surface area contributed by atoms with Gasteiger partial charge in [-0.05, 0) is 30.2 Å². The highest BCUT2D eigenvalue weighted by atomic mass is 16.2. The van der Waals surface area contributed by atoms with Gasteiger partial charge in [0, 0.05) is 38.6 Å². The predicted octanol–water partition coefficient (Wildman–Crippen LogP) is 3.16. The van der Waals surface area contributed by atoms with Crippen molar-refractivity contribution in [3.05, 3.63) is 35.9 Å². The lowest BCUT2D eigenvalue weighted by molar-refractivity contribution is -0.133. The highest BCUT2D eigenvalue weighted by molar-refractivity contribution is 5.77. The molecule has 1 saturated carbocycles. The van der Waals surface area contributed by atoms with Crippen molar-refractivity contribution in [1.29, 1.82) is 0 Å². The first-order valence-electron chi connectivity index (χ1n) is 8.69. The average Bonchev–Trinajstić information content (AvgIpc) is 3.33. The molecule has 0 bridgehead atoms. The van der Waals surface area contributed by atoms with Crippen molar-refractivity contribution in [3.63, 3.8) is 0 Å². The minimum Gasteiger partial charge on any atom is -0.338 e. The number of benzene rings is 1. The van der Waals surface area contributed by atoms with Crippen LogP contribution in [-0.4, -0.2) is 41.4 Å². The molecule has 1 amide bonds. The molecule has 0 aromatic heterocycles. The van der Waals surface area contributed by atoms with E-state index in [1.165, 1.54) is 18.4 Å². The van der Waals surface area contributed by atoms with Gasteiger partial charge in [0.05, 0.1) is 0 Å². The summed E-state index contributed by atoms with van der Waals surface area (Å²) in [5.74, 6) is 1.64. The van der Waals surface area contributed by atoms with Gasteiger partial charge in [0.25, 0.3) is 0 Å². The summed E-state index contributed by atoms with van der Waals surface area (Å²) in [5, 5.41) is 0. The van der Waals surface area contributed by atoms with Crippen LogP contribution in [0.2, 0.25) is 0 Å². The molecule has 1 saturated heterocycles. The summed E-state index contributed by atoms with van der Waals surface area (Å²) in [7, 11) is 0. The van der Waals surface area contributed by atoms with Crippen molar-refractivity contribution in [2.75, 3.05) is 19.6 Å². The quantitative estimate of drug-likeness (QED) is 0.834. The van der Waals surface area contributed by atoms with Gasteiger partial charge < -0.3 is 4.90 Å². The van der Waals surface area contributed by atoms with Crippen LogP contribution in [0.25, 0.3) is 0 Å². The van der Waals surface area contributed by atoms with Crippen molar-refractivity contribution in [3.8, 4) is 0 Å². The zero-order valence-corrected chi connectivity index (χ0v) is 13.9. The molecule has 2 aliphatic rings. The first kappa shape index (κ1) is 15.5. The Labute approximate surface area is 134 Å². The van der Waals surface area contributed by atoms with E-state index in [9.17, 15) is 4.79 Å². The summed E-state index contributed by atoms with van der Waals surface area (Å²) in [6.07, 6.45) is 3.29. The highest BCUT2D eigenvalue weighted by Gasteiger charge is 2.35. The Bertz CT molecular complexity index is 495. The van der Waals surface area contributed by atoms with Crippen molar-refractivity contribution >= 4 is 5.91 Å². The van der Waals surface area contributed by atoms with Crippen molar-refractivity contribution < 1.29 is 4.79 Å². The fourth-order valence-electron chi connectivity index (χ4n) is 3.41. The summed E-state index contributed by atoms with van der Waals surface area (Å²) < 4.78 is 0. The SMILES string of the molecule is CC(C)[C@H]1CN(Cc2ccccc2)CCC(=O)N1CC1CC1. The molecular weight excluding hydrogens is 272 g/mol. The maximum Gasteiger partial charge on any atom is 0.224 e. The van der Waals surface area contributed by atoms with Gasteiger partial charge in [-0.15, -0.1) is 0 Å². The van der Waals surface area contributed by atoms with E-state index in [-0.39, 0.29) is 0 Å². The Morgan fingerprint density at radius 2 is 1.91 bits per heavy atom. The van der Waals surface area contributed by atoms with Gasteiger partial charge in [-0.3, -0.25) is 9.69 Å².